The van der Waals surface area contributed by atoms with Crippen molar-refractivity contribution in [1.82, 2.24) is 15.3 Å². The standard InChI is InChI=1S/C28H34N4O7/c1-18(2)15-38-24(34)14-23(33)32(20-11-12-21-22(13-20)31-17-30-21)25(19-9-7-6-8-10-19)26(35)29-16-28(3,4)39-27(36)37-5/h6-13,17-18,25H,14-16H2,1-5H3,(H,29,35)(H,30,31). The van der Waals surface area contributed by atoms with Crippen molar-refractivity contribution >= 4 is 40.7 Å². The Balaban J connectivity index is 2.00. The Morgan fingerprint density at radius 1 is 1.08 bits per heavy atom. The second-order valence-corrected chi connectivity index (χ2v) is 9.97. The Labute approximate surface area is 226 Å². The van der Waals surface area contributed by atoms with Crippen LogP contribution in [0.25, 0.3) is 11.0 Å². The summed E-state index contributed by atoms with van der Waals surface area (Å²) in [6.45, 7) is 7.11. The lowest BCUT2D eigenvalue weighted by molar-refractivity contribution is -0.147. The highest BCUT2D eigenvalue weighted by molar-refractivity contribution is 6.08. The largest absolute Gasteiger partial charge is 0.508 e. The second kappa shape index (κ2) is 12.9. The van der Waals surface area contributed by atoms with Crippen molar-refractivity contribution in [3.8, 4) is 0 Å². The molecule has 1 atom stereocenters. The summed E-state index contributed by atoms with van der Waals surface area (Å²) >= 11 is 0. The van der Waals surface area contributed by atoms with Crippen LogP contribution in [0.5, 0.6) is 0 Å². The van der Waals surface area contributed by atoms with Gasteiger partial charge in [-0.05, 0) is 43.5 Å². The number of rotatable bonds is 11. The molecule has 1 heterocycles. The second-order valence-electron chi connectivity index (χ2n) is 9.97. The van der Waals surface area contributed by atoms with Crippen LogP contribution < -0.4 is 10.2 Å². The van der Waals surface area contributed by atoms with E-state index in [-0.39, 0.29) is 19.1 Å². The summed E-state index contributed by atoms with van der Waals surface area (Å²) in [6.07, 6.45) is 0.0640. The van der Waals surface area contributed by atoms with Crippen molar-refractivity contribution in [1.29, 1.82) is 0 Å². The lowest BCUT2D eigenvalue weighted by atomic mass is 10.0. The number of imidazole rings is 1. The number of aromatic nitrogens is 2. The number of esters is 1. The van der Waals surface area contributed by atoms with E-state index in [4.69, 9.17) is 9.47 Å². The molecule has 1 aromatic heterocycles. The lowest BCUT2D eigenvalue weighted by Gasteiger charge is -2.32. The van der Waals surface area contributed by atoms with Crippen molar-refractivity contribution < 1.29 is 33.4 Å². The summed E-state index contributed by atoms with van der Waals surface area (Å²) in [7, 11) is 1.19. The molecule has 0 aliphatic heterocycles. The zero-order valence-corrected chi connectivity index (χ0v) is 22.7. The van der Waals surface area contributed by atoms with Gasteiger partial charge in [0.2, 0.25) is 11.8 Å². The normalized spacial score (nSPS) is 12.1. The third kappa shape index (κ3) is 8.03. The van der Waals surface area contributed by atoms with Gasteiger partial charge in [-0.1, -0.05) is 44.2 Å². The number of carbonyl (C=O) groups is 4. The van der Waals surface area contributed by atoms with Gasteiger partial charge in [0.15, 0.2) is 0 Å². The number of benzene rings is 2. The number of hydrogen-bond donors (Lipinski definition) is 2. The van der Waals surface area contributed by atoms with Gasteiger partial charge in [0.1, 0.15) is 18.1 Å². The van der Waals surface area contributed by atoms with Gasteiger partial charge in [0.25, 0.3) is 0 Å². The van der Waals surface area contributed by atoms with Crippen molar-refractivity contribution in [3.63, 3.8) is 0 Å². The summed E-state index contributed by atoms with van der Waals surface area (Å²) in [4.78, 5) is 60.1. The van der Waals surface area contributed by atoms with Crippen LogP contribution in [0.2, 0.25) is 0 Å². The number of carbonyl (C=O) groups excluding carboxylic acids is 4. The van der Waals surface area contributed by atoms with Gasteiger partial charge in [-0.25, -0.2) is 9.78 Å². The number of amides is 2. The Bertz CT molecular complexity index is 1300. The number of nitrogens with one attached hydrogen (secondary N) is 2. The van der Waals surface area contributed by atoms with Crippen LogP contribution >= 0.6 is 0 Å². The lowest BCUT2D eigenvalue weighted by Crippen LogP contribution is -2.48. The maximum absolute atomic E-state index is 13.8. The number of fused-ring (bicyclic) bond motifs is 1. The number of methoxy groups -OCH3 is 1. The molecule has 2 amide bonds. The number of nitrogens with zero attached hydrogens (tertiary/aromatic N) is 2. The van der Waals surface area contributed by atoms with Gasteiger partial charge in [0.05, 0.1) is 37.6 Å². The van der Waals surface area contributed by atoms with Crippen molar-refractivity contribution in [2.45, 2.75) is 45.8 Å². The first-order valence-electron chi connectivity index (χ1n) is 12.5. The molecule has 208 valence electrons. The van der Waals surface area contributed by atoms with E-state index < -0.39 is 42.0 Å². The molecule has 0 fully saturated rings. The fraction of sp³-hybridized carbons (Fsp3) is 0.393. The van der Waals surface area contributed by atoms with Crippen LogP contribution in [0.1, 0.15) is 45.7 Å². The van der Waals surface area contributed by atoms with E-state index >= 15 is 0 Å². The minimum Gasteiger partial charge on any atom is -0.465 e. The first-order valence-corrected chi connectivity index (χ1v) is 12.5. The van der Waals surface area contributed by atoms with Crippen molar-refractivity contribution in [3.05, 3.63) is 60.4 Å². The molecule has 1 unspecified atom stereocenters. The molecule has 11 heteroatoms. The van der Waals surface area contributed by atoms with E-state index in [9.17, 15) is 19.2 Å². The van der Waals surface area contributed by atoms with Crippen LogP contribution in [0, 0.1) is 5.92 Å². The summed E-state index contributed by atoms with van der Waals surface area (Å²) in [6, 6.07) is 12.6. The predicted octanol–water partition coefficient (Wildman–Crippen LogP) is 3.90. The Kier molecular flexibility index (Phi) is 9.64. The first-order chi connectivity index (χ1) is 18.5. The number of hydrogen-bond acceptors (Lipinski definition) is 8. The smallest absolute Gasteiger partial charge is 0.465 e. The molecule has 3 rings (SSSR count). The average molecular weight is 539 g/mol. The minimum absolute atomic E-state index is 0.0672. The molecule has 0 aliphatic carbocycles. The molecule has 2 N–H and O–H groups in total. The van der Waals surface area contributed by atoms with Crippen LogP contribution in [-0.2, 0) is 28.6 Å². The molecule has 2 aromatic carbocycles. The third-order valence-electron chi connectivity index (χ3n) is 5.66. The highest BCUT2D eigenvalue weighted by atomic mass is 16.7. The molecule has 0 bridgehead atoms. The quantitative estimate of drug-likeness (QED) is 0.277. The van der Waals surface area contributed by atoms with Crippen molar-refractivity contribution in [2.24, 2.45) is 5.92 Å². The highest BCUT2D eigenvalue weighted by Crippen LogP contribution is 2.31. The summed E-state index contributed by atoms with van der Waals surface area (Å²) in [5.74, 6) is -1.77. The van der Waals surface area contributed by atoms with Crippen molar-refractivity contribution in [2.75, 3.05) is 25.2 Å². The maximum atomic E-state index is 13.8. The molecule has 0 saturated carbocycles. The zero-order valence-electron chi connectivity index (χ0n) is 22.7. The van der Waals surface area contributed by atoms with E-state index in [0.29, 0.717) is 22.3 Å². The topological polar surface area (TPSA) is 140 Å². The van der Waals surface area contributed by atoms with Gasteiger partial charge in [-0.15, -0.1) is 0 Å². The molecule has 0 aliphatic rings. The first kappa shape index (κ1) is 29.2. The van der Waals surface area contributed by atoms with Gasteiger partial charge in [0, 0.05) is 5.69 Å². The fourth-order valence-corrected chi connectivity index (χ4v) is 3.78. The van der Waals surface area contributed by atoms with E-state index in [0.717, 1.165) is 0 Å². The molecular weight excluding hydrogens is 504 g/mol. The average Bonchev–Trinajstić information content (AvgIpc) is 3.37. The third-order valence-corrected chi connectivity index (χ3v) is 5.66. The van der Waals surface area contributed by atoms with Gasteiger partial charge in [-0.3, -0.25) is 19.3 Å². The van der Waals surface area contributed by atoms with Crippen LogP contribution in [0.3, 0.4) is 0 Å². The summed E-state index contributed by atoms with van der Waals surface area (Å²) in [5, 5.41) is 2.78. The highest BCUT2D eigenvalue weighted by Gasteiger charge is 2.35. The predicted molar refractivity (Wildman–Crippen MR) is 144 cm³/mol. The number of H-pyrrole nitrogens is 1. The Hall–Kier alpha value is -4.41. The SMILES string of the molecule is COC(=O)OC(C)(C)CNC(=O)C(c1ccccc1)N(C(=O)CC(=O)OCC(C)C)c1ccc2nc[nH]c2c1. The number of anilines is 1. The van der Waals surface area contributed by atoms with Crippen LogP contribution in [0.4, 0.5) is 10.5 Å². The number of ether oxygens (including phenoxy) is 3. The van der Waals surface area contributed by atoms with E-state index in [1.54, 1.807) is 62.4 Å². The molecule has 11 nitrogen and oxygen atoms in total. The summed E-state index contributed by atoms with van der Waals surface area (Å²) in [5.41, 5.74) is 1.10. The Morgan fingerprint density at radius 2 is 1.79 bits per heavy atom. The molecule has 39 heavy (non-hydrogen) atoms. The molecular formula is C28H34N4O7. The van der Waals surface area contributed by atoms with E-state index in [2.05, 4.69) is 20.0 Å². The van der Waals surface area contributed by atoms with Crippen LogP contribution in [0.15, 0.2) is 54.9 Å². The van der Waals surface area contributed by atoms with Gasteiger partial charge >= 0.3 is 12.1 Å². The monoisotopic (exact) mass is 538 g/mol. The van der Waals surface area contributed by atoms with Gasteiger partial charge < -0.3 is 24.5 Å². The van der Waals surface area contributed by atoms with E-state index in [1.807, 2.05) is 13.8 Å². The van der Waals surface area contributed by atoms with Crippen LogP contribution in [-0.4, -0.2) is 59.8 Å². The fourth-order valence-electron chi connectivity index (χ4n) is 3.78. The maximum Gasteiger partial charge on any atom is 0.508 e. The van der Waals surface area contributed by atoms with E-state index in [1.165, 1.54) is 18.3 Å². The van der Waals surface area contributed by atoms with Gasteiger partial charge in [-0.2, -0.15) is 0 Å². The molecule has 3 aromatic rings. The molecule has 0 spiro atoms. The summed E-state index contributed by atoms with van der Waals surface area (Å²) < 4.78 is 15.0. The Morgan fingerprint density at radius 3 is 2.46 bits per heavy atom. The molecule has 0 saturated heterocycles. The zero-order chi connectivity index (χ0) is 28.6. The molecule has 0 radical (unpaired) electrons. The minimum atomic E-state index is -1.16. The number of aromatic amines is 1.